The molecule has 0 saturated heterocycles. The number of nitrogens with two attached hydrogens (primary N) is 1. The maximum Gasteiger partial charge on any atom is 0.312 e. The van der Waals surface area contributed by atoms with E-state index >= 15 is 0 Å². The first-order chi connectivity index (χ1) is 6.21. The number of carbonyl (C=O) groups excluding carboxylic acids is 1. The van der Waals surface area contributed by atoms with Crippen LogP contribution >= 0.6 is 12.4 Å². The lowest BCUT2D eigenvalue weighted by Gasteiger charge is -3.09. The van der Waals surface area contributed by atoms with Crippen molar-refractivity contribution >= 4 is 18.4 Å². The standard InChI is InChI=1S/C10H11NO2.ClH/c1-13-8(12)9-4-2-5-3(4)7(9)10(5,11)6(2)9;/h2-7H,11H2,1H3;1H/t2-,3?,4?,5?,6+,7?,9?,10?;/m0./s1. The summed E-state index contributed by atoms with van der Waals surface area (Å²) in [6.07, 6.45) is 0. The van der Waals surface area contributed by atoms with E-state index in [9.17, 15) is 4.79 Å². The minimum atomic E-state index is -0.0480. The molecule has 0 aromatic rings. The van der Waals surface area contributed by atoms with Crippen molar-refractivity contribution in [2.24, 2.45) is 46.7 Å². The summed E-state index contributed by atoms with van der Waals surface area (Å²) < 4.78 is 4.91. The van der Waals surface area contributed by atoms with E-state index in [1.54, 1.807) is 0 Å². The quantitative estimate of drug-likeness (QED) is 0.626. The van der Waals surface area contributed by atoms with E-state index in [1.165, 1.54) is 7.11 Å². The Bertz CT molecular complexity index is 376. The third kappa shape index (κ3) is 0.294. The van der Waals surface area contributed by atoms with Crippen molar-refractivity contribution in [3.8, 4) is 0 Å². The van der Waals surface area contributed by atoms with E-state index in [0.29, 0.717) is 17.8 Å². The molecule has 2 N–H and O–H groups in total. The molecule has 6 rings (SSSR count). The van der Waals surface area contributed by atoms with Crippen molar-refractivity contribution in [1.82, 2.24) is 0 Å². The van der Waals surface area contributed by atoms with Gasteiger partial charge in [-0.25, -0.2) is 0 Å². The number of halogens is 1. The molecule has 0 radical (unpaired) electrons. The summed E-state index contributed by atoms with van der Waals surface area (Å²) in [5.41, 5.74) is 6.31. The molecule has 4 heteroatoms. The monoisotopic (exact) mass is 213 g/mol. The second-order valence-electron chi connectivity index (χ2n) is 5.59. The predicted molar refractivity (Wildman–Crippen MR) is 49.6 cm³/mol. The highest BCUT2D eigenvalue weighted by Crippen LogP contribution is 3.06. The van der Waals surface area contributed by atoms with Gasteiger partial charge < -0.3 is 10.5 Å². The fourth-order valence-electron chi connectivity index (χ4n) is 6.29. The van der Waals surface area contributed by atoms with Gasteiger partial charge in [0.25, 0.3) is 0 Å². The number of rotatable bonds is 1. The Morgan fingerprint density at radius 3 is 2.29 bits per heavy atom. The second-order valence-corrected chi connectivity index (χ2v) is 5.59. The molecule has 3 nitrogen and oxygen atoms in total. The molecule has 6 aliphatic carbocycles. The lowest BCUT2D eigenvalue weighted by molar-refractivity contribution is -0.604. The minimum Gasteiger partial charge on any atom is -0.469 e. The number of hydrogen-bond acceptors (Lipinski definition) is 3. The summed E-state index contributed by atoms with van der Waals surface area (Å²) in [7, 11) is 1.51. The third-order valence-corrected chi connectivity index (χ3v) is 6.20. The average molecular weight is 214 g/mol. The molecule has 6 fully saturated rings. The van der Waals surface area contributed by atoms with E-state index in [4.69, 9.17) is 10.5 Å². The molecule has 6 unspecified atom stereocenters. The molecule has 0 amide bonds. The predicted octanol–water partition coefficient (Wildman–Crippen LogP) is 0.0303. The molecule has 0 aromatic carbocycles. The Labute approximate surface area is 87.8 Å². The molecule has 0 aliphatic heterocycles. The normalized spacial score (nSPS) is 76.1. The molecule has 6 aliphatic rings. The fraction of sp³-hybridized carbons (Fsp3) is 0.900. The summed E-state index contributed by atoms with van der Waals surface area (Å²) in [6.45, 7) is 0. The van der Waals surface area contributed by atoms with Gasteiger partial charge >= 0.3 is 5.97 Å². The number of carbonyl (C=O) groups is 1. The Hall–Kier alpha value is -0.280. The van der Waals surface area contributed by atoms with E-state index in [-0.39, 0.29) is 29.3 Å². The average Bonchev–Trinajstić information content (AvgIpc) is 2.15. The summed E-state index contributed by atoms with van der Waals surface area (Å²) in [5.74, 6) is 4.27. The van der Waals surface area contributed by atoms with Crippen LogP contribution in [0.1, 0.15) is 0 Å². The van der Waals surface area contributed by atoms with Crippen LogP contribution in [0.2, 0.25) is 0 Å². The van der Waals surface area contributed by atoms with Gasteiger partial charge in [0.1, 0.15) is 0 Å². The van der Waals surface area contributed by atoms with E-state index in [0.717, 1.165) is 17.8 Å². The van der Waals surface area contributed by atoms with Crippen molar-refractivity contribution in [2.45, 2.75) is 5.54 Å². The van der Waals surface area contributed by atoms with Crippen molar-refractivity contribution in [3.05, 3.63) is 0 Å². The van der Waals surface area contributed by atoms with Gasteiger partial charge in [-0.2, -0.15) is 0 Å². The molecule has 76 valence electrons. The Morgan fingerprint density at radius 1 is 1.29 bits per heavy atom. The maximum absolute atomic E-state index is 11.7. The van der Waals surface area contributed by atoms with Gasteiger partial charge in [0, 0.05) is 5.54 Å². The Balaban J connectivity index is 0.000000578. The zero-order valence-corrected chi connectivity index (χ0v) is 8.58. The number of methoxy groups -OCH3 is 1. The molecule has 0 aromatic heterocycles. The highest BCUT2D eigenvalue weighted by Gasteiger charge is 3.11. The van der Waals surface area contributed by atoms with Crippen LogP contribution in [-0.4, -0.2) is 18.6 Å². The van der Waals surface area contributed by atoms with Crippen LogP contribution in [0.25, 0.3) is 0 Å². The molecule has 14 heavy (non-hydrogen) atoms. The zero-order valence-electron chi connectivity index (χ0n) is 7.77. The highest BCUT2D eigenvalue weighted by atomic mass is 35.5. The fourth-order valence-corrected chi connectivity index (χ4v) is 6.29. The summed E-state index contributed by atoms with van der Waals surface area (Å²) in [5, 5.41) is 0. The number of esters is 1. The summed E-state index contributed by atoms with van der Waals surface area (Å²) in [6, 6.07) is 0. The van der Waals surface area contributed by atoms with Gasteiger partial charge in [0.05, 0.1) is 12.5 Å². The van der Waals surface area contributed by atoms with Gasteiger partial charge in [-0.05, 0) is 35.5 Å². The first kappa shape index (κ1) is 7.94. The van der Waals surface area contributed by atoms with E-state index in [1.807, 2.05) is 0 Å². The molecule has 6 saturated carbocycles. The van der Waals surface area contributed by atoms with Crippen molar-refractivity contribution in [3.63, 3.8) is 0 Å². The molecular formula is C10H12ClNO2. The minimum absolute atomic E-state index is 0. The molecule has 0 spiro atoms. The molecule has 8 atom stereocenters. The van der Waals surface area contributed by atoms with Crippen LogP contribution in [0.15, 0.2) is 0 Å². The third-order valence-electron chi connectivity index (χ3n) is 6.20. The van der Waals surface area contributed by atoms with Crippen LogP contribution in [0, 0.1) is 40.9 Å². The molecular weight excluding hydrogens is 202 g/mol. The molecule has 0 bridgehead atoms. The summed E-state index contributed by atoms with van der Waals surface area (Å²) >= 11 is 0. The van der Waals surface area contributed by atoms with E-state index < -0.39 is 0 Å². The highest BCUT2D eigenvalue weighted by molar-refractivity contribution is 5.89. The number of ether oxygens (including phenoxy) is 1. The van der Waals surface area contributed by atoms with E-state index in [2.05, 4.69) is 0 Å². The SMILES string of the molecule is COC(=O)C12C3C4C5[C@H]3[C@H]1C5(N)C42.Cl. The van der Waals surface area contributed by atoms with Crippen LogP contribution in [0.5, 0.6) is 0 Å². The maximum atomic E-state index is 11.7. The second kappa shape index (κ2) is 1.54. The van der Waals surface area contributed by atoms with Crippen LogP contribution in [0.4, 0.5) is 0 Å². The van der Waals surface area contributed by atoms with Gasteiger partial charge in [0.15, 0.2) is 0 Å². The van der Waals surface area contributed by atoms with Crippen LogP contribution < -0.4 is 5.73 Å². The first-order valence-electron chi connectivity index (χ1n) is 5.09. The van der Waals surface area contributed by atoms with Crippen molar-refractivity contribution in [2.75, 3.05) is 7.11 Å². The lowest BCUT2D eigenvalue weighted by Crippen LogP contribution is -3.16. The lowest BCUT2D eigenvalue weighted by atomic mass is 8.94. The smallest absolute Gasteiger partial charge is 0.312 e. The molecule has 0 heterocycles. The van der Waals surface area contributed by atoms with Crippen molar-refractivity contribution < 1.29 is 9.53 Å². The first-order valence-corrected chi connectivity index (χ1v) is 5.09. The zero-order chi connectivity index (χ0) is 8.75. The van der Waals surface area contributed by atoms with Gasteiger partial charge in [-0.3, -0.25) is 4.79 Å². The van der Waals surface area contributed by atoms with Crippen LogP contribution in [-0.2, 0) is 9.53 Å². The van der Waals surface area contributed by atoms with Gasteiger partial charge in [-0.1, -0.05) is 0 Å². The largest absolute Gasteiger partial charge is 0.469 e. The number of hydrogen-bond donors (Lipinski definition) is 1. The van der Waals surface area contributed by atoms with Crippen molar-refractivity contribution in [1.29, 1.82) is 0 Å². The topological polar surface area (TPSA) is 52.3 Å². The Kier molecular flexibility index (Phi) is 0.872. The Morgan fingerprint density at radius 2 is 1.86 bits per heavy atom. The summed E-state index contributed by atoms with van der Waals surface area (Å²) in [4.78, 5) is 11.7. The van der Waals surface area contributed by atoms with Crippen LogP contribution in [0.3, 0.4) is 0 Å². The van der Waals surface area contributed by atoms with Gasteiger partial charge in [-0.15, -0.1) is 12.4 Å². The van der Waals surface area contributed by atoms with Gasteiger partial charge in [0.2, 0.25) is 0 Å².